The molecule has 2 aromatic heterocycles. The van der Waals surface area contributed by atoms with Crippen LogP contribution in [0.15, 0.2) is 36.5 Å². The Morgan fingerprint density at radius 1 is 1.15 bits per heavy atom. The van der Waals surface area contributed by atoms with E-state index >= 15 is 0 Å². The largest absolute Gasteiger partial charge is 0.338 e. The predicted octanol–water partition coefficient (Wildman–Crippen LogP) is 2.62. The van der Waals surface area contributed by atoms with Crippen LogP contribution in [-0.2, 0) is 6.54 Å². The molecule has 1 aliphatic heterocycles. The van der Waals surface area contributed by atoms with Crippen molar-refractivity contribution in [3.8, 4) is 0 Å². The Kier molecular flexibility index (Phi) is 5.27. The van der Waals surface area contributed by atoms with Gasteiger partial charge in [-0.1, -0.05) is 29.3 Å². The zero-order chi connectivity index (χ0) is 18.8. The summed E-state index contributed by atoms with van der Waals surface area (Å²) in [6.07, 6.45) is 1.72. The average Bonchev–Trinajstić information content (AvgIpc) is 2.70. The summed E-state index contributed by atoms with van der Waals surface area (Å²) in [6.45, 7) is 3.85. The van der Waals surface area contributed by atoms with E-state index in [2.05, 4.69) is 20.2 Å². The van der Waals surface area contributed by atoms with Crippen LogP contribution in [0.1, 0.15) is 5.56 Å². The van der Waals surface area contributed by atoms with Crippen LogP contribution in [0.4, 0.5) is 11.8 Å². The minimum absolute atomic E-state index is 0.387. The first-order valence-corrected chi connectivity index (χ1v) is 9.42. The molecular weight excluding hydrogens is 385 g/mol. The summed E-state index contributed by atoms with van der Waals surface area (Å²) in [7, 11) is 0. The number of hydrogen-bond acceptors (Lipinski definition) is 7. The number of piperazine rings is 1. The lowest BCUT2D eigenvalue weighted by molar-refractivity contribution is 0.580. The number of halogens is 2. The van der Waals surface area contributed by atoms with Gasteiger partial charge in [-0.25, -0.2) is 10.8 Å². The molecule has 0 unspecified atom stereocenters. The van der Waals surface area contributed by atoms with E-state index in [-0.39, 0.29) is 0 Å². The quantitative estimate of drug-likeness (QED) is 0.511. The first-order chi connectivity index (χ1) is 13.1. The van der Waals surface area contributed by atoms with Crippen molar-refractivity contribution >= 4 is 46.0 Å². The van der Waals surface area contributed by atoms with E-state index in [4.69, 9.17) is 34.0 Å². The Labute approximate surface area is 167 Å². The summed E-state index contributed by atoms with van der Waals surface area (Å²) in [6, 6.07) is 9.13. The SMILES string of the molecule is NN(Cc1ccc(Cl)cc1Cl)c1nc(N2CCNCC2)nc2ncccc12. The van der Waals surface area contributed by atoms with Crippen molar-refractivity contribution in [2.24, 2.45) is 5.84 Å². The Morgan fingerprint density at radius 3 is 2.74 bits per heavy atom. The van der Waals surface area contributed by atoms with Gasteiger partial charge in [0.05, 0.1) is 11.9 Å². The highest BCUT2D eigenvalue weighted by molar-refractivity contribution is 6.35. The third kappa shape index (κ3) is 3.91. The number of nitrogens with one attached hydrogen (secondary N) is 1. The standard InChI is InChI=1S/C18H19Cl2N7/c19-13-4-3-12(15(20)10-13)11-27(21)17-14-2-1-5-23-16(14)24-18(25-17)26-8-6-22-7-9-26/h1-5,10,22H,6-9,11,21H2. The van der Waals surface area contributed by atoms with Gasteiger partial charge in [-0.15, -0.1) is 0 Å². The molecule has 7 nitrogen and oxygen atoms in total. The van der Waals surface area contributed by atoms with Crippen LogP contribution in [-0.4, -0.2) is 41.1 Å². The normalized spacial score (nSPS) is 14.6. The van der Waals surface area contributed by atoms with Crippen molar-refractivity contribution < 1.29 is 0 Å². The van der Waals surface area contributed by atoms with Gasteiger partial charge < -0.3 is 10.2 Å². The zero-order valence-electron chi connectivity index (χ0n) is 14.6. The molecule has 0 spiro atoms. The molecule has 3 N–H and O–H groups in total. The van der Waals surface area contributed by atoms with E-state index in [1.807, 2.05) is 18.2 Å². The van der Waals surface area contributed by atoms with Crippen LogP contribution in [0.5, 0.6) is 0 Å². The summed E-state index contributed by atoms with van der Waals surface area (Å²) in [5.74, 6) is 7.64. The van der Waals surface area contributed by atoms with Crippen LogP contribution < -0.4 is 21.1 Å². The number of aromatic nitrogens is 3. The second-order valence-electron chi connectivity index (χ2n) is 6.32. The monoisotopic (exact) mass is 403 g/mol. The van der Waals surface area contributed by atoms with Crippen molar-refractivity contribution in [1.29, 1.82) is 0 Å². The fourth-order valence-electron chi connectivity index (χ4n) is 3.07. The molecule has 0 radical (unpaired) electrons. The first-order valence-electron chi connectivity index (χ1n) is 8.66. The van der Waals surface area contributed by atoms with Crippen LogP contribution in [0.25, 0.3) is 11.0 Å². The van der Waals surface area contributed by atoms with Gasteiger partial charge in [0.2, 0.25) is 5.95 Å². The van der Waals surface area contributed by atoms with Crippen molar-refractivity contribution in [3.05, 3.63) is 52.1 Å². The molecule has 27 heavy (non-hydrogen) atoms. The highest BCUT2D eigenvalue weighted by Gasteiger charge is 2.19. The molecule has 1 aliphatic rings. The molecule has 140 valence electrons. The van der Waals surface area contributed by atoms with Gasteiger partial charge in [0.1, 0.15) is 0 Å². The summed E-state index contributed by atoms with van der Waals surface area (Å²) in [5, 5.41) is 6.85. The number of hydrazine groups is 1. The van der Waals surface area contributed by atoms with E-state index < -0.39 is 0 Å². The van der Waals surface area contributed by atoms with Crippen LogP contribution in [0, 0.1) is 0 Å². The predicted molar refractivity (Wildman–Crippen MR) is 109 cm³/mol. The average molecular weight is 404 g/mol. The summed E-state index contributed by atoms with van der Waals surface area (Å²) < 4.78 is 0. The first kappa shape index (κ1) is 18.2. The number of hydrogen-bond donors (Lipinski definition) is 2. The maximum absolute atomic E-state index is 6.39. The van der Waals surface area contributed by atoms with Crippen molar-refractivity contribution in [2.75, 3.05) is 36.1 Å². The van der Waals surface area contributed by atoms with Gasteiger partial charge in [0.25, 0.3) is 0 Å². The maximum atomic E-state index is 6.39. The smallest absolute Gasteiger partial charge is 0.229 e. The highest BCUT2D eigenvalue weighted by atomic mass is 35.5. The molecule has 1 saturated heterocycles. The van der Waals surface area contributed by atoms with Crippen LogP contribution in [0.3, 0.4) is 0 Å². The number of fused-ring (bicyclic) bond motifs is 1. The number of pyridine rings is 1. The van der Waals surface area contributed by atoms with E-state index in [9.17, 15) is 0 Å². The van der Waals surface area contributed by atoms with Crippen LogP contribution in [0.2, 0.25) is 10.0 Å². The number of rotatable bonds is 4. The van der Waals surface area contributed by atoms with Crippen molar-refractivity contribution in [2.45, 2.75) is 6.54 Å². The van der Waals surface area contributed by atoms with Crippen LogP contribution >= 0.6 is 23.2 Å². The molecule has 0 atom stereocenters. The van der Waals surface area contributed by atoms with E-state index in [0.717, 1.165) is 37.1 Å². The van der Waals surface area contributed by atoms with E-state index in [1.54, 1.807) is 23.3 Å². The molecule has 0 aliphatic carbocycles. The minimum Gasteiger partial charge on any atom is -0.338 e. The molecule has 0 saturated carbocycles. The zero-order valence-corrected chi connectivity index (χ0v) is 16.1. The van der Waals surface area contributed by atoms with Gasteiger partial charge >= 0.3 is 0 Å². The van der Waals surface area contributed by atoms with Crippen molar-refractivity contribution in [1.82, 2.24) is 20.3 Å². The molecule has 0 bridgehead atoms. The lowest BCUT2D eigenvalue weighted by Gasteiger charge is -2.28. The number of benzene rings is 1. The molecule has 3 heterocycles. The third-order valence-electron chi connectivity index (χ3n) is 4.47. The highest BCUT2D eigenvalue weighted by Crippen LogP contribution is 2.27. The van der Waals surface area contributed by atoms with Gasteiger partial charge in [0, 0.05) is 42.4 Å². The van der Waals surface area contributed by atoms with Crippen molar-refractivity contribution in [3.63, 3.8) is 0 Å². The van der Waals surface area contributed by atoms with Gasteiger partial charge in [-0.05, 0) is 29.8 Å². The molecule has 9 heteroatoms. The Bertz CT molecular complexity index is 960. The fourth-order valence-corrected chi connectivity index (χ4v) is 3.54. The lowest BCUT2D eigenvalue weighted by Crippen LogP contribution is -2.44. The molecule has 1 fully saturated rings. The number of nitrogens with zero attached hydrogens (tertiary/aromatic N) is 5. The van der Waals surface area contributed by atoms with Gasteiger partial charge in [0.15, 0.2) is 11.5 Å². The van der Waals surface area contributed by atoms with Gasteiger partial charge in [-0.2, -0.15) is 9.97 Å². The Balaban J connectivity index is 1.72. The molecule has 3 aromatic rings. The second-order valence-corrected chi connectivity index (χ2v) is 7.17. The molecular formula is C18H19Cl2N7. The fraction of sp³-hybridized carbons (Fsp3) is 0.278. The van der Waals surface area contributed by atoms with E-state index in [0.29, 0.717) is 34.0 Å². The number of nitrogens with two attached hydrogens (primary N) is 1. The minimum atomic E-state index is 0.387. The third-order valence-corrected chi connectivity index (χ3v) is 5.05. The Hall–Kier alpha value is -2.19. The Morgan fingerprint density at radius 2 is 1.96 bits per heavy atom. The molecule has 4 rings (SSSR count). The number of anilines is 2. The molecule has 1 aromatic carbocycles. The summed E-state index contributed by atoms with van der Waals surface area (Å²) in [5.41, 5.74) is 1.48. The topological polar surface area (TPSA) is 83.2 Å². The van der Waals surface area contributed by atoms with E-state index in [1.165, 1.54) is 0 Å². The maximum Gasteiger partial charge on any atom is 0.229 e. The lowest BCUT2D eigenvalue weighted by atomic mass is 10.2. The molecule has 0 amide bonds. The summed E-state index contributed by atoms with van der Waals surface area (Å²) >= 11 is 12.3. The van der Waals surface area contributed by atoms with Gasteiger partial charge in [-0.3, -0.25) is 5.01 Å². The second kappa shape index (κ2) is 7.82. The summed E-state index contributed by atoms with van der Waals surface area (Å²) in [4.78, 5) is 15.9.